The van der Waals surface area contributed by atoms with Crippen LogP contribution in [0, 0.1) is 5.82 Å². The van der Waals surface area contributed by atoms with Crippen molar-refractivity contribution in [3.05, 3.63) is 53.8 Å². The number of anilines is 2. The van der Waals surface area contributed by atoms with Crippen LogP contribution in [-0.4, -0.2) is 0 Å². The number of halogens is 1. The minimum absolute atomic E-state index is 0.286. The molecular formula is C13H10FNO. The molecule has 1 aliphatic heterocycles. The molecule has 80 valence electrons. The van der Waals surface area contributed by atoms with E-state index in [4.69, 9.17) is 4.74 Å². The van der Waals surface area contributed by atoms with E-state index in [1.165, 1.54) is 12.1 Å². The smallest absolute Gasteiger partial charge is 0.146 e. The fourth-order valence-electron chi connectivity index (χ4n) is 1.79. The van der Waals surface area contributed by atoms with Crippen molar-refractivity contribution in [1.82, 2.24) is 0 Å². The molecule has 0 spiro atoms. The van der Waals surface area contributed by atoms with Gasteiger partial charge < -0.3 is 10.1 Å². The van der Waals surface area contributed by atoms with Gasteiger partial charge in [-0.1, -0.05) is 18.2 Å². The second-order valence-corrected chi connectivity index (χ2v) is 3.71. The number of rotatable bonds is 0. The summed E-state index contributed by atoms with van der Waals surface area (Å²) in [6.45, 7) is 0.458. The average Bonchev–Trinajstić information content (AvgIpc) is 2.48. The SMILES string of the molecule is Fc1ccc2c(c1)OCc1ccccc1N2. The normalized spacial score (nSPS) is 12.8. The van der Waals surface area contributed by atoms with E-state index in [1.807, 2.05) is 24.3 Å². The summed E-state index contributed by atoms with van der Waals surface area (Å²) < 4.78 is 18.6. The van der Waals surface area contributed by atoms with Crippen LogP contribution in [0.1, 0.15) is 5.56 Å². The van der Waals surface area contributed by atoms with Crippen molar-refractivity contribution >= 4 is 11.4 Å². The monoisotopic (exact) mass is 215 g/mol. The van der Waals surface area contributed by atoms with Crippen molar-refractivity contribution in [2.24, 2.45) is 0 Å². The van der Waals surface area contributed by atoms with Crippen molar-refractivity contribution in [3.8, 4) is 5.75 Å². The first-order valence-corrected chi connectivity index (χ1v) is 5.10. The maximum absolute atomic E-state index is 13.0. The van der Waals surface area contributed by atoms with Gasteiger partial charge in [-0.15, -0.1) is 0 Å². The standard InChI is InChI=1S/C13H10FNO/c14-10-5-6-12-13(7-10)16-8-9-3-1-2-4-11(9)15-12/h1-7,15H,8H2. The van der Waals surface area contributed by atoms with Gasteiger partial charge in [-0.3, -0.25) is 0 Å². The van der Waals surface area contributed by atoms with Crippen LogP contribution < -0.4 is 10.1 Å². The number of hydrogen-bond donors (Lipinski definition) is 1. The molecule has 1 aliphatic rings. The van der Waals surface area contributed by atoms with Gasteiger partial charge in [0.05, 0.1) is 5.69 Å². The maximum Gasteiger partial charge on any atom is 0.146 e. The van der Waals surface area contributed by atoms with Crippen molar-refractivity contribution in [1.29, 1.82) is 0 Å². The lowest BCUT2D eigenvalue weighted by Gasteiger charge is -2.07. The van der Waals surface area contributed by atoms with Gasteiger partial charge in [-0.05, 0) is 18.2 Å². The second kappa shape index (κ2) is 3.52. The Hall–Kier alpha value is -2.03. The van der Waals surface area contributed by atoms with E-state index in [0.29, 0.717) is 12.4 Å². The highest BCUT2D eigenvalue weighted by atomic mass is 19.1. The Kier molecular flexibility index (Phi) is 2.03. The molecule has 3 heteroatoms. The first kappa shape index (κ1) is 9.21. The highest BCUT2D eigenvalue weighted by Crippen LogP contribution is 2.33. The van der Waals surface area contributed by atoms with Gasteiger partial charge in [-0.25, -0.2) is 4.39 Å². The summed E-state index contributed by atoms with van der Waals surface area (Å²) in [6, 6.07) is 12.4. The number of fused-ring (bicyclic) bond motifs is 2. The summed E-state index contributed by atoms with van der Waals surface area (Å²) >= 11 is 0. The van der Waals surface area contributed by atoms with Gasteiger partial charge in [-0.2, -0.15) is 0 Å². The fourth-order valence-corrected chi connectivity index (χ4v) is 1.79. The number of para-hydroxylation sites is 1. The molecule has 0 saturated carbocycles. The number of ether oxygens (including phenoxy) is 1. The first-order chi connectivity index (χ1) is 7.83. The summed E-state index contributed by atoms with van der Waals surface area (Å²) in [6.07, 6.45) is 0. The molecule has 2 nitrogen and oxygen atoms in total. The van der Waals surface area contributed by atoms with E-state index < -0.39 is 0 Å². The van der Waals surface area contributed by atoms with Crippen molar-refractivity contribution in [2.75, 3.05) is 5.32 Å². The molecule has 0 bridgehead atoms. The van der Waals surface area contributed by atoms with E-state index in [1.54, 1.807) is 6.07 Å². The molecule has 0 radical (unpaired) electrons. The van der Waals surface area contributed by atoms with Crippen LogP contribution in [0.15, 0.2) is 42.5 Å². The molecule has 1 heterocycles. The zero-order valence-electron chi connectivity index (χ0n) is 8.53. The summed E-state index contributed by atoms with van der Waals surface area (Å²) in [5, 5.41) is 3.24. The Morgan fingerprint density at radius 3 is 2.88 bits per heavy atom. The Labute approximate surface area is 92.7 Å². The predicted octanol–water partition coefficient (Wildman–Crippen LogP) is 3.46. The van der Waals surface area contributed by atoms with Crippen LogP contribution in [0.3, 0.4) is 0 Å². The highest BCUT2D eigenvalue weighted by molar-refractivity contribution is 5.69. The largest absolute Gasteiger partial charge is 0.487 e. The lowest BCUT2D eigenvalue weighted by atomic mass is 10.2. The van der Waals surface area contributed by atoms with E-state index in [9.17, 15) is 4.39 Å². The van der Waals surface area contributed by atoms with Crippen LogP contribution in [0.5, 0.6) is 5.75 Å². The molecule has 2 aromatic rings. The van der Waals surface area contributed by atoms with E-state index in [2.05, 4.69) is 5.32 Å². The van der Waals surface area contributed by atoms with Gasteiger partial charge in [0.2, 0.25) is 0 Å². The van der Waals surface area contributed by atoms with Gasteiger partial charge in [0.25, 0.3) is 0 Å². The molecular weight excluding hydrogens is 205 g/mol. The zero-order chi connectivity index (χ0) is 11.0. The molecule has 0 atom stereocenters. The summed E-state index contributed by atoms with van der Waals surface area (Å²) in [5.41, 5.74) is 2.87. The zero-order valence-corrected chi connectivity index (χ0v) is 8.53. The third-order valence-electron chi connectivity index (χ3n) is 2.61. The maximum atomic E-state index is 13.0. The third-order valence-corrected chi connectivity index (χ3v) is 2.61. The second-order valence-electron chi connectivity index (χ2n) is 3.71. The van der Waals surface area contributed by atoms with Gasteiger partial charge >= 0.3 is 0 Å². The predicted molar refractivity (Wildman–Crippen MR) is 60.5 cm³/mol. The highest BCUT2D eigenvalue weighted by Gasteiger charge is 2.13. The molecule has 1 N–H and O–H groups in total. The van der Waals surface area contributed by atoms with E-state index >= 15 is 0 Å². The van der Waals surface area contributed by atoms with Crippen molar-refractivity contribution in [3.63, 3.8) is 0 Å². The lowest BCUT2D eigenvalue weighted by Crippen LogP contribution is -1.93. The minimum atomic E-state index is -0.286. The lowest BCUT2D eigenvalue weighted by molar-refractivity contribution is 0.309. The Morgan fingerprint density at radius 2 is 1.94 bits per heavy atom. The summed E-state index contributed by atoms with van der Waals surface area (Å²) in [4.78, 5) is 0. The molecule has 0 aromatic heterocycles. The average molecular weight is 215 g/mol. The van der Waals surface area contributed by atoms with Gasteiger partial charge in [0, 0.05) is 17.3 Å². The van der Waals surface area contributed by atoms with Crippen LogP contribution in [0.2, 0.25) is 0 Å². The molecule has 0 unspecified atom stereocenters. The summed E-state index contributed by atoms with van der Waals surface area (Å²) in [7, 11) is 0. The first-order valence-electron chi connectivity index (χ1n) is 5.10. The Morgan fingerprint density at radius 1 is 1.06 bits per heavy atom. The van der Waals surface area contributed by atoms with Crippen LogP contribution >= 0.6 is 0 Å². The molecule has 2 aromatic carbocycles. The molecule has 3 rings (SSSR count). The van der Waals surface area contributed by atoms with E-state index in [-0.39, 0.29) is 5.82 Å². The minimum Gasteiger partial charge on any atom is -0.487 e. The van der Waals surface area contributed by atoms with Crippen LogP contribution in [0.25, 0.3) is 0 Å². The van der Waals surface area contributed by atoms with Gasteiger partial charge in [0.15, 0.2) is 0 Å². The van der Waals surface area contributed by atoms with Crippen LogP contribution in [-0.2, 0) is 6.61 Å². The number of hydrogen-bond acceptors (Lipinski definition) is 2. The number of benzene rings is 2. The molecule has 0 amide bonds. The van der Waals surface area contributed by atoms with E-state index in [0.717, 1.165) is 16.9 Å². The number of nitrogens with one attached hydrogen (secondary N) is 1. The summed E-state index contributed by atoms with van der Waals surface area (Å²) in [5.74, 6) is 0.266. The topological polar surface area (TPSA) is 21.3 Å². The van der Waals surface area contributed by atoms with Crippen LogP contribution in [0.4, 0.5) is 15.8 Å². The Balaban J connectivity index is 2.08. The Bertz CT molecular complexity index is 539. The fraction of sp³-hybridized carbons (Fsp3) is 0.0769. The molecule has 0 saturated heterocycles. The van der Waals surface area contributed by atoms with Gasteiger partial charge in [0.1, 0.15) is 18.2 Å². The molecule has 0 aliphatic carbocycles. The quantitative estimate of drug-likeness (QED) is 0.726. The third kappa shape index (κ3) is 1.50. The molecule has 16 heavy (non-hydrogen) atoms. The van der Waals surface area contributed by atoms with Crippen molar-refractivity contribution < 1.29 is 9.13 Å². The molecule has 0 fully saturated rings. The van der Waals surface area contributed by atoms with Crippen molar-refractivity contribution in [2.45, 2.75) is 6.61 Å².